The summed E-state index contributed by atoms with van der Waals surface area (Å²) in [6.07, 6.45) is 0.899. The zero-order valence-electron chi connectivity index (χ0n) is 23.2. The van der Waals surface area contributed by atoms with Crippen molar-refractivity contribution < 1.29 is 28.1 Å². The third-order valence-electron chi connectivity index (χ3n) is 5.56. The Morgan fingerprint density at radius 3 is 1.36 bits per heavy atom. The van der Waals surface area contributed by atoms with Gasteiger partial charge in [0, 0.05) is 30.6 Å². The highest BCUT2D eigenvalue weighted by Gasteiger charge is 2.25. The van der Waals surface area contributed by atoms with Gasteiger partial charge in [-0.15, -0.1) is 0 Å². The Morgan fingerprint density at radius 1 is 0.694 bits per heavy atom. The molecule has 0 saturated carbocycles. The summed E-state index contributed by atoms with van der Waals surface area (Å²) in [4.78, 5) is 23.3. The van der Waals surface area contributed by atoms with Crippen LogP contribution in [-0.2, 0) is 20.4 Å². The lowest BCUT2D eigenvalue weighted by Gasteiger charge is -2.27. The summed E-state index contributed by atoms with van der Waals surface area (Å²) in [7, 11) is -1.31. The van der Waals surface area contributed by atoms with Crippen molar-refractivity contribution in [2.75, 3.05) is 19.9 Å². The number of ether oxygens (including phenoxy) is 2. The van der Waals surface area contributed by atoms with Crippen molar-refractivity contribution >= 4 is 19.9 Å². The number of carbonyl (C=O) groups excluding carboxylic acids is 2. The molecule has 0 unspecified atom stereocenters. The summed E-state index contributed by atoms with van der Waals surface area (Å²) >= 11 is 0. The normalized spacial score (nSPS) is 11.8. The van der Waals surface area contributed by atoms with Gasteiger partial charge in [-0.05, 0) is 47.2 Å². The highest BCUT2D eigenvalue weighted by molar-refractivity contribution is 7.47. The van der Waals surface area contributed by atoms with Gasteiger partial charge in [0.15, 0.2) is 11.6 Å². The molecule has 36 heavy (non-hydrogen) atoms. The minimum Gasteiger partial charge on any atom is -0.486 e. The van der Waals surface area contributed by atoms with E-state index in [1.807, 2.05) is 56.9 Å². The third-order valence-corrected chi connectivity index (χ3v) is 6.47. The van der Waals surface area contributed by atoms with Crippen molar-refractivity contribution in [1.82, 2.24) is 0 Å². The number of hydrogen-bond acceptors (Lipinski definition) is 6. The molecule has 6 nitrogen and oxygen atoms in total. The van der Waals surface area contributed by atoms with E-state index < -0.39 is 8.38 Å². The van der Waals surface area contributed by atoms with E-state index in [1.54, 1.807) is 0 Å². The van der Waals surface area contributed by atoms with E-state index in [9.17, 15) is 9.59 Å². The SMILES string of the molecule is CCC(=O)COc1ccc(OP(C)Oc2ccc(OCC(=O)CC)cc2C(C)(C)C)c(C(C)(C)C)c1. The van der Waals surface area contributed by atoms with E-state index in [-0.39, 0.29) is 35.6 Å². The Bertz CT molecular complexity index is 965. The number of hydrogen-bond donors (Lipinski definition) is 0. The highest BCUT2D eigenvalue weighted by Crippen LogP contribution is 2.45. The van der Waals surface area contributed by atoms with Crippen molar-refractivity contribution in [1.29, 1.82) is 0 Å². The van der Waals surface area contributed by atoms with Crippen LogP contribution in [0.15, 0.2) is 36.4 Å². The highest BCUT2D eigenvalue weighted by atomic mass is 31.2. The largest absolute Gasteiger partial charge is 0.486 e. The molecule has 0 aliphatic heterocycles. The number of rotatable bonds is 12. The molecule has 0 saturated heterocycles. The van der Waals surface area contributed by atoms with Crippen LogP contribution < -0.4 is 18.5 Å². The predicted octanol–water partition coefficient (Wildman–Crippen LogP) is 7.40. The summed E-state index contributed by atoms with van der Waals surface area (Å²) in [5.74, 6) is 2.84. The Kier molecular flexibility index (Phi) is 10.4. The molecule has 0 spiro atoms. The van der Waals surface area contributed by atoms with Gasteiger partial charge in [-0.25, -0.2) is 0 Å². The lowest BCUT2D eigenvalue weighted by Crippen LogP contribution is -2.15. The van der Waals surface area contributed by atoms with E-state index in [4.69, 9.17) is 18.5 Å². The van der Waals surface area contributed by atoms with Crippen LogP contribution in [0.4, 0.5) is 0 Å². The quantitative estimate of drug-likeness (QED) is 0.274. The molecular weight excluding hydrogens is 475 g/mol. The first kappa shape index (κ1) is 29.6. The van der Waals surface area contributed by atoms with Gasteiger partial charge in [-0.2, -0.15) is 0 Å². The standard InChI is InChI=1S/C29H41O6P/c1-10-20(30)18-32-22-12-14-26(24(16-22)28(3,4)5)34-36(9)35-27-15-13-23(33-19-21(31)11-2)17-25(27)29(6,7)8/h12-17H,10-11,18-19H2,1-9H3. The molecule has 0 fully saturated rings. The Hall–Kier alpha value is -2.59. The maximum Gasteiger partial charge on any atom is 0.286 e. The monoisotopic (exact) mass is 516 g/mol. The van der Waals surface area contributed by atoms with Gasteiger partial charge in [-0.3, -0.25) is 9.59 Å². The van der Waals surface area contributed by atoms with Gasteiger partial charge in [0.1, 0.15) is 36.2 Å². The topological polar surface area (TPSA) is 71.1 Å². The van der Waals surface area contributed by atoms with Crippen molar-refractivity contribution in [2.24, 2.45) is 0 Å². The molecule has 0 aromatic heterocycles. The van der Waals surface area contributed by atoms with Crippen LogP contribution in [-0.4, -0.2) is 31.4 Å². The van der Waals surface area contributed by atoms with Crippen molar-refractivity contribution in [3.05, 3.63) is 47.5 Å². The molecule has 2 aromatic rings. The average molecular weight is 517 g/mol. The Morgan fingerprint density at radius 2 is 1.06 bits per heavy atom. The summed E-state index contributed by atoms with van der Waals surface area (Å²) < 4.78 is 24.0. The van der Waals surface area contributed by atoms with E-state index in [2.05, 4.69) is 41.5 Å². The van der Waals surface area contributed by atoms with Crippen LogP contribution in [0, 0.1) is 0 Å². The van der Waals surface area contributed by atoms with Gasteiger partial charge < -0.3 is 18.5 Å². The first-order valence-corrected chi connectivity index (χ1v) is 14.0. The number of benzene rings is 2. The van der Waals surface area contributed by atoms with Crippen molar-refractivity contribution in [2.45, 2.75) is 79.1 Å². The first-order valence-electron chi connectivity index (χ1n) is 12.4. The zero-order valence-corrected chi connectivity index (χ0v) is 24.1. The van der Waals surface area contributed by atoms with Gasteiger partial charge in [-0.1, -0.05) is 55.4 Å². The number of ketones is 2. The van der Waals surface area contributed by atoms with Crippen LogP contribution in [0.1, 0.15) is 79.4 Å². The minimum atomic E-state index is -1.31. The fourth-order valence-corrected chi connectivity index (χ4v) is 4.27. The van der Waals surface area contributed by atoms with Crippen molar-refractivity contribution in [3.8, 4) is 23.0 Å². The molecule has 0 radical (unpaired) electrons. The summed E-state index contributed by atoms with van der Waals surface area (Å²) in [6.45, 7) is 18.3. The van der Waals surface area contributed by atoms with Crippen LogP contribution in [0.3, 0.4) is 0 Å². The van der Waals surface area contributed by atoms with Gasteiger partial charge >= 0.3 is 0 Å². The Balaban J connectivity index is 2.24. The summed E-state index contributed by atoms with van der Waals surface area (Å²) in [5.41, 5.74) is 1.54. The molecule has 0 bridgehead atoms. The third kappa shape index (κ3) is 8.81. The maximum absolute atomic E-state index is 11.7. The molecule has 0 amide bonds. The first-order chi connectivity index (χ1) is 16.7. The van der Waals surface area contributed by atoms with E-state index in [0.29, 0.717) is 24.3 Å². The van der Waals surface area contributed by atoms with E-state index in [0.717, 1.165) is 22.6 Å². The molecule has 0 aliphatic rings. The zero-order chi connectivity index (χ0) is 27.1. The van der Waals surface area contributed by atoms with Crippen LogP contribution >= 0.6 is 8.38 Å². The molecule has 0 N–H and O–H groups in total. The van der Waals surface area contributed by atoms with Crippen LogP contribution in [0.25, 0.3) is 0 Å². The average Bonchev–Trinajstić information content (AvgIpc) is 2.80. The minimum absolute atomic E-state index is 0.0566. The second kappa shape index (κ2) is 12.6. The second-order valence-electron chi connectivity index (χ2n) is 10.8. The molecule has 0 heterocycles. The lowest BCUT2D eigenvalue weighted by atomic mass is 9.86. The van der Waals surface area contributed by atoms with E-state index in [1.165, 1.54) is 0 Å². The molecule has 2 rings (SSSR count). The van der Waals surface area contributed by atoms with Gasteiger partial charge in [0.25, 0.3) is 8.38 Å². The molecule has 7 heteroatoms. The second-order valence-corrected chi connectivity index (χ2v) is 12.0. The lowest BCUT2D eigenvalue weighted by molar-refractivity contribution is -0.121. The molecule has 0 atom stereocenters. The van der Waals surface area contributed by atoms with Gasteiger partial charge in [0.2, 0.25) is 0 Å². The van der Waals surface area contributed by atoms with Crippen LogP contribution in [0.5, 0.6) is 23.0 Å². The summed E-state index contributed by atoms with van der Waals surface area (Å²) in [6, 6.07) is 11.3. The molecule has 198 valence electrons. The summed E-state index contributed by atoms with van der Waals surface area (Å²) in [5, 5.41) is 0. The van der Waals surface area contributed by atoms with E-state index >= 15 is 0 Å². The predicted molar refractivity (Wildman–Crippen MR) is 146 cm³/mol. The fourth-order valence-electron chi connectivity index (χ4n) is 3.36. The fraction of sp³-hybridized carbons (Fsp3) is 0.517. The smallest absolute Gasteiger partial charge is 0.286 e. The van der Waals surface area contributed by atoms with Gasteiger partial charge in [0.05, 0.1) is 0 Å². The molecular formula is C29H41O6P. The maximum atomic E-state index is 11.7. The molecule has 2 aromatic carbocycles. The number of carbonyl (C=O) groups is 2. The number of Topliss-reactive ketones (excluding diaryl/α,β-unsaturated/α-hetero) is 2. The Labute approximate surface area is 217 Å². The molecule has 0 aliphatic carbocycles. The van der Waals surface area contributed by atoms with Crippen LogP contribution in [0.2, 0.25) is 0 Å². The van der Waals surface area contributed by atoms with Crippen molar-refractivity contribution in [3.63, 3.8) is 0 Å².